The van der Waals surface area contributed by atoms with E-state index in [-0.39, 0.29) is 5.56 Å². The largest absolute Gasteiger partial charge is 0.490 e. The fourth-order valence-electron chi connectivity index (χ4n) is 2.48. The van der Waals surface area contributed by atoms with Gasteiger partial charge in [0.15, 0.2) is 11.5 Å². The highest BCUT2D eigenvalue weighted by Gasteiger charge is 2.30. The average Bonchev–Trinajstić information content (AvgIpc) is 2.63. The molecule has 0 aromatic heterocycles. The van der Waals surface area contributed by atoms with Crippen molar-refractivity contribution in [3.63, 3.8) is 0 Å². The molecule has 27 heavy (non-hydrogen) atoms. The molecule has 2 aromatic rings. The summed E-state index contributed by atoms with van der Waals surface area (Å²) in [6, 6.07) is 9.70. The molecule has 2 aromatic carbocycles. The van der Waals surface area contributed by atoms with E-state index in [2.05, 4.69) is 5.32 Å². The molecule has 1 N–H and O–H groups in total. The van der Waals surface area contributed by atoms with Crippen LogP contribution in [0.1, 0.15) is 35.3 Å². The minimum atomic E-state index is -4.42. The van der Waals surface area contributed by atoms with Gasteiger partial charge in [0.25, 0.3) is 5.91 Å². The summed E-state index contributed by atoms with van der Waals surface area (Å²) < 4.78 is 48.7. The number of ether oxygens (including phenoxy) is 2. The molecule has 0 heterocycles. The number of rotatable bonds is 8. The zero-order chi connectivity index (χ0) is 19.9. The minimum Gasteiger partial charge on any atom is -0.490 e. The van der Waals surface area contributed by atoms with E-state index in [0.717, 1.165) is 17.7 Å². The van der Waals surface area contributed by atoms with Gasteiger partial charge in [-0.05, 0) is 62.2 Å². The van der Waals surface area contributed by atoms with Gasteiger partial charge in [0.1, 0.15) is 0 Å². The van der Waals surface area contributed by atoms with E-state index in [9.17, 15) is 18.0 Å². The molecule has 0 spiro atoms. The third-order valence-electron chi connectivity index (χ3n) is 3.78. The molecule has 0 fully saturated rings. The Morgan fingerprint density at radius 1 is 0.963 bits per heavy atom. The van der Waals surface area contributed by atoms with Gasteiger partial charge in [0, 0.05) is 12.1 Å². The first-order valence-corrected chi connectivity index (χ1v) is 8.69. The van der Waals surface area contributed by atoms with E-state index in [1.54, 1.807) is 0 Å². The predicted molar refractivity (Wildman–Crippen MR) is 96.3 cm³/mol. The minimum absolute atomic E-state index is 0.185. The van der Waals surface area contributed by atoms with Gasteiger partial charge in [-0.15, -0.1) is 0 Å². The zero-order valence-electron chi connectivity index (χ0n) is 15.2. The van der Waals surface area contributed by atoms with E-state index in [1.807, 2.05) is 32.0 Å². The lowest BCUT2D eigenvalue weighted by Crippen LogP contribution is -2.25. The summed E-state index contributed by atoms with van der Waals surface area (Å²) in [4.78, 5) is 12.1. The van der Waals surface area contributed by atoms with Crippen molar-refractivity contribution < 1.29 is 27.4 Å². The highest BCUT2D eigenvalue weighted by molar-refractivity contribution is 5.94. The van der Waals surface area contributed by atoms with Gasteiger partial charge in [0.2, 0.25) is 0 Å². The van der Waals surface area contributed by atoms with Gasteiger partial charge in [-0.2, -0.15) is 13.2 Å². The molecule has 0 saturated heterocycles. The number of benzene rings is 2. The van der Waals surface area contributed by atoms with E-state index in [1.165, 1.54) is 12.1 Å². The van der Waals surface area contributed by atoms with Crippen LogP contribution >= 0.6 is 0 Å². The Hall–Kier alpha value is -2.70. The number of hydrogen-bond acceptors (Lipinski definition) is 3. The lowest BCUT2D eigenvalue weighted by molar-refractivity contribution is -0.137. The Balaban J connectivity index is 1.93. The number of alkyl halides is 3. The fourth-order valence-corrected chi connectivity index (χ4v) is 2.48. The molecular formula is C20H22F3NO3. The van der Waals surface area contributed by atoms with Gasteiger partial charge < -0.3 is 14.8 Å². The molecule has 1 amide bonds. The molecule has 2 rings (SSSR count). The topological polar surface area (TPSA) is 47.6 Å². The van der Waals surface area contributed by atoms with E-state index in [4.69, 9.17) is 9.47 Å². The van der Waals surface area contributed by atoms with Crippen molar-refractivity contribution in [3.05, 3.63) is 59.2 Å². The zero-order valence-corrected chi connectivity index (χ0v) is 15.2. The van der Waals surface area contributed by atoms with Crippen LogP contribution in [0.4, 0.5) is 13.2 Å². The van der Waals surface area contributed by atoms with E-state index in [0.29, 0.717) is 37.7 Å². The third kappa shape index (κ3) is 5.91. The maximum absolute atomic E-state index is 12.6. The van der Waals surface area contributed by atoms with Crippen LogP contribution in [0.25, 0.3) is 0 Å². The number of carbonyl (C=O) groups is 1. The molecule has 0 unspecified atom stereocenters. The summed E-state index contributed by atoms with van der Waals surface area (Å²) in [5.74, 6) is 0.891. The highest BCUT2D eigenvalue weighted by atomic mass is 19.4. The summed E-state index contributed by atoms with van der Waals surface area (Å²) in [6.45, 7) is 5.16. The van der Waals surface area contributed by atoms with Crippen LogP contribution in [0.15, 0.2) is 42.5 Å². The fraction of sp³-hybridized carbons (Fsp3) is 0.350. The first kappa shape index (κ1) is 20.6. The van der Waals surface area contributed by atoms with Crippen LogP contribution in [0.2, 0.25) is 0 Å². The molecule has 146 valence electrons. The van der Waals surface area contributed by atoms with E-state index >= 15 is 0 Å². The van der Waals surface area contributed by atoms with Crippen molar-refractivity contribution in [2.45, 2.75) is 26.4 Å². The van der Waals surface area contributed by atoms with Crippen LogP contribution in [0, 0.1) is 0 Å². The Bertz CT molecular complexity index is 758. The second-order valence-corrected chi connectivity index (χ2v) is 5.73. The number of nitrogens with one attached hydrogen (secondary N) is 1. The van der Waals surface area contributed by atoms with Crippen molar-refractivity contribution in [2.75, 3.05) is 19.8 Å². The summed E-state index contributed by atoms with van der Waals surface area (Å²) in [6.07, 6.45) is -3.86. The van der Waals surface area contributed by atoms with Gasteiger partial charge >= 0.3 is 6.18 Å². The van der Waals surface area contributed by atoms with Crippen molar-refractivity contribution in [1.82, 2.24) is 5.32 Å². The Morgan fingerprint density at radius 3 is 2.19 bits per heavy atom. The lowest BCUT2D eigenvalue weighted by Gasteiger charge is -2.13. The molecule has 0 saturated carbocycles. The number of amides is 1. The van der Waals surface area contributed by atoms with Crippen LogP contribution in [0.3, 0.4) is 0 Å². The lowest BCUT2D eigenvalue weighted by atomic mass is 10.1. The van der Waals surface area contributed by atoms with Crippen molar-refractivity contribution in [3.8, 4) is 11.5 Å². The second-order valence-electron chi connectivity index (χ2n) is 5.73. The van der Waals surface area contributed by atoms with Crippen LogP contribution in [-0.2, 0) is 12.6 Å². The number of halogens is 3. The van der Waals surface area contributed by atoms with Crippen LogP contribution in [-0.4, -0.2) is 25.7 Å². The standard InChI is InChI=1S/C20H22F3NO3/c1-3-26-17-10-5-14(13-18(17)27-4-2)11-12-24-19(25)15-6-8-16(9-7-15)20(21,22)23/h5-10,13H,3-4,11-12H2,1-2H3,(H,24,25). The average molecular weight is 381 g/mol. The van der Waals surface area contributed by atoms with Gasteiger partial charge in [-0.3, -0.25) is 4.79 Å². The maximum Gasteiger partial charge on any atom is 0.416 e. The number of hydrogen-bond donors (Lipinski definition) is 1. The Kier molecular flexibility index (Phi) is 7.10. The summed E-state index contributed by atoms with van der Waals surface area (Å²) in [7, 11) is 0. The SMILES string of the molecule is CCOc1ccc(CCNC(=O)c2ccc(C(F)(F)F)cc2)cc1OCC. The summed E-state index contributed by atoms with van der Waals surface area (Å²) in [5, 5.41) is 2.70. The Labute approximate surface area is 156 Å². The first-order chi connectivity index (χ1) is 12.8. The number of carbonyl (C=O) groups excluding carboxylic acids is 1. The molecule has 7 heteroatoms. The molecule has 0 bridgehead atoms. The molecular weight excluding hydrogens is 359 g/mol. The van der Waals surface area contributed by atoms with E-state index < -0.39 is 17.6 Å². The van der Waals surface area contributed by atoms with Gasteiger partial charge in [-0.25, -0.2) is 0 Å². The first-order valence-electron chi connectivity index (χ1n) is 8.69. The van der Waals surface area contributed by atoms with Gasteiger partial charge in [0.05, 0.1) is 18.8 Å². The molecule has 0 atom stereocenters. The predicted octanol–water partition coefficient (Wildman–Crippen LogP) is 4.48. The second kappa shape index (κ2) is 9.30. The van der Waals surface area contributed by atoms with Gasteiger partial charge in [-0.1, -0.05) is 6.07 Å². The summed E-state index contributed by atoms with van der Waals surface area (Å²) >= 11 is 0. The summed E-state index contributed by atoms with van der Waals surface area (Å²) in [5.41, 5.74) is 0.358. The Morgan fingerprint density at radius 2 is 1.59 bits per heavy atom. The molecule has 0 radical (unpaired) electrons. The molecule has 0 aliphatic carbocycles. The molecule has 0 aliphatic rings. The molecule has 4 nitrogen and oxygen atoms in total. The van der Waals surface area contributed by atoms with Crippen LogP contribution in [0.5, 0.6) is 11.5 Å². The third-order valence-corrected chi connectivity index (χ3v) is 3.78. The quantitative estimate of drug-likeness (QED) is 0.734. The molecule has 0 aliphatic heterocycles. The van der Waals surface area contributed by atoms with Crippen molar-refractivity contribution in [1.29, 1.82) is 0 Å². The maximum atomic E-state index is 12.6. The normalized spacial score (nSPS) is 11.1. The smallest absolute Gasteiger partial charge is 0.416 e. The van der Waals surface area contributed by atoms with Crippen molar-refractivity contribution in [2.24, 2.45) is 0 Å². The van der Waals surface area contributed by atoms with Crippen molar-refractivity contribution >= 4 is 5.91 Å². The van der Waals surface area contributed by atoms with Crippen LogP contribution < -0.4 is 14.8 Å². The monoisotopic (exact) mass is 381 g/mol. The highest BCUT2D eigenvalue weighted by Crippen LogP contribution is 2.29.